The largest absolute Gasteiger partial charge is 0.490 e. The second-order valence-electron chi connectivity index (χ2n) is 6.51. The molecule has 1 fully saturated rings. The number of hydrogen-bond acceptors (Lipinski definition) is 4. The van der Waals surface area contributed by atoms with Gasteiger partial charge in [0.15, 0.2) is 0 Å². The Morgan fingerprint density at radius 3 is 2.63 bits per heavy atom. The fourth-order valence-corrected chi connectivity index (χ4v) is 3.02. The molecular weight excluding hydrogens is 344 g/mol. The first-order valence-corrected chi connectivity index (χ1v) is 9.03. The second-order valence-corrected chi connectivity index (χ2v) is 6.51. The minimum absolute atomic E-state index is 0.102. The quantitative estimate of drug-likeness (QED) is 0.869. The Hall–Kier alpha value is -3.09. The number of carbonyl (C=O) groups is 2. The molecule has 0 radical (unpaired) electrons. The molecule has 27 heavy (non-hydrogen) atoms. The van der Waals surface area contributed by atoms with Crippen LogP contribution in [0.2, 0.25) is 0 Å². The van der Waals surface area contributed by atoms with Crippen LogP contribution < -0.4 is 15.4 Å². The van der Waals surface area contributed by atoms with E-state index in [2.05, 4.69) is 15.6 Å². The number of anilines is 1. The number of aromatic nitrogens is 1. The Labute approximate surface area is 158 Å². The highest BCUT2D eigenvalue weighted by atomic mass is 16.5. The molecule has 1 aromatic carbocycles. The second kappa shape index (κ2) is 8.53. The van der Waals surface area contributed by atoms with Gasteiger partial charge in [-0.25, -0.2) is 9.78 Å². The maximum Gasteiger partial charge on any atom is 0.323 e. The molecule has 3 amide bonds. The van der Waals surface area contributed by atoms with E-state index in [0.29, 0.717) is 24.5 Å². The number of likely N-dealkylation sites (tertiary alicyclic amines) is 1. The molecule has 0 unspecified atom stereocenters. The SMILES string of the molecule is CNC(=O)c1ccnc(NC(=O)N2CCC(Oc3ccccc3C)CC2)c1. The van der Waals surface area contributed by atoms with Crippen LogP contribution >= 0.6 is 0 Å². The molecule has 1 aromatic heterocycles. The lowest BCUT2D eigenvalue weighted by molar-refractivity contribution is 0.0962. The van der Waals surface area contributed by atoms with Crippen molar-refractivity contribution >= 4 is 17.8 Å². The number of ether oxygens (including phenoxy) is 1. The van der Waals surface area contributed by atoms with E-state index in [-0.39, 0.29) is 18.0 Å². The number of urea groups is 1. The third-order valence-corrected chi connectivity index (χ3v) is 4.60. The van der Waals surface area contributed by atoms with Crippen molar-refractivity contribution in [3.05, 3.63) is 53.7 Å². The van der Waals surface area contributed by atoms with Crippen LogP contribution in [-0.2, 0) is 0 Å². The van der Waals surface area contributed by atoms with Gasteiger partial charge < -0.3 is 15.0 Å². The van der Waals surface area contributed by atoms with Crippen molar-refractivity contribution in [2.45, 2.75) is 25.9 Å². The summed E-state index contributed by atoms with van der Waals surface area (Å²) in [6, 6.07) is 10.9. The van der Waals surface area contributed by atoms with Gasteiger partial charge in [0.25, 0.3) is 5.91 Å². The highest BCUT2D eigenvalue weighted by Gasteiger charge is 2.24. The van der Waals surface area contributed by atoms with Gasteiger partial charge in [-0.05, 0) is 30.7 Å². The molecule has 7 heteroatoms. The summed E-state index contributed by atoms with van der Waals surface area (Å²) in [6.45, 7) is 3.24. The first-order chi connectivity index (χ1) is 13.1. The van der Waals surface area contributed by atoms with E-state index >= 15 is 0 Å². The number of amides is 3. The summed E-state index contributed by atoms with van der Waals surface area (Å²) in [4.78, 5) is 30.0. The molecule has 0 bridgehead atoms. The van der Waals surface area contributed by atoms with E-state index in [1.54, 1.807) is 24.1 Å². The number of nitrogens with one attached hydrogen (secondary N) is 2. The summed E-state index contributed by atoms with van der Waals surface area (Å²) in [5.74, 6) is 1.04. The number of rotatable bonds is 4. The Balaban J connectivity index is 1.53. The average Bonchev–Trinajstić information content (AvgIpc) is 2.70. The number of carbonyl (C=O) groups excluding carboxylic acids is 2. The third kappa shape index (κ3) is 4.75. The highest BCUT2D eigenvalue weighted by molar-refractivity contribution is 5.96. The van der Waals surface area contributed by atoms with Crippen molar-refractivity contribution in [3.63, 3.8) is 0 Å². The molecule has 2 N–H and O–H groups in total. The molecule has 0 saturated carbocycles. The predicted octanol–water partition coefficient (Wildman–Crippen LogP) is 2.82. The predicted molar refractivity (Wildman–Crippen MR) is 103 cm³/mol. The molecule has 1 saturated heterocycles. The van der Waals surface area contributed by atoms with Crippen molar-refractivity contribution < 1.29 is 14.3 Å². The summed E-state index contributed by atoms with van der Waals surface area (Å²) in [6.07, 6.45) is 3.15. The van der Waals surface area contributed by atoms with Crippen molar-refractivity contribution in [2.75, 3.05) is 25.5 Å². The summed E-state index contributed by atoms with van der Waals surface area (Å²) < 4.78 is 6.07. The van der Waals surface area contributed by atoms with E-state index in [0.717, 1.165) is 24.2 Å². The van der Waals surface area contributed by atoms with Crippen LogP contribution in [0.1, 0.15) is 28.8 Å². The lowest BCUT2D eigenvalue weighted by atomic mass is 10.1. The summed E-state index contributed by atoms with van der Waals surface area (Å²) >= 11 is 0. The lowest BCUT2D eigenvalue weighted by Crippen LogP contribution is -2.43. The van der Waals surface area contributed by atoms with Crippen LogP contribution in [0, 0.1) is 6.92 Å². The van der Waals surface area contributed by atoms with E-state index in [9.17, 15) is 9.59 Å². The fourth-order valence-electron chi connectivity index (χ4n) is 3.02. The molecule has 0 atom stereocenters. The van der Waals surface area contributed by atoms with Gasteiger partial charge in [0.05, 0.1) is 0 Å². The molecule has 2 heterocycles. The van der Waals surface area contributed by atoms with Crippen LogP contribution in [0.3, 0.4) is 0 Å². The van der Waals surface area contributed by atoms with E-state index < -0.39 is 0 Å². The smallest absolute Gasteiger partial charge is 0.323 e. The topological polar surface area (TPSA) is 83.6 Å². The minimum Gasteiger partial charge on any atom is -0.490 e. The first-order valence-electron chi connectivity index (χ1n) is 9.03. The van der Waals surface area contributed by atoms with Crippen molar-refractivity contribution in [1.29, 1.82) is 0 Å². The third-order valence-electron chi connectivity index (χ3n) is 4.60. The molecule has 1 aliphatic heterocycles. The van der Waals surface area contributed by atoms with Crippen LogP contribution in [0.15, 0.2) is 42.6 Å². The number of piperidine rings is 1. The molecule has 1 aliphatic rings. The van der Waals surface area contributed by atoms with Gasteiger partial charge in [0, 0.05) is 44.7 Å². The van der Waals surface area contributed by atoms with Crippen LogP contribution in [0.4, 0.5) is 10.6 Å². The molecule has 0 spiro atoms. The van der Waals surface area contributed by atoms with Crippen LogP contribution in [0.5, 0.6) is 5.75 Å². The standard InChI is InChI=1S/C20H24N4O3/c1-14-5-3-4-6-17(14)27-16-8-11-24(12-9-16)20(26)23-18-13-15(7-10-22-18)19(25)21-2/h3-7,10,13,16H,8-9,11-12H2,1-2H3,(H,21,25)(H,22,23,26). The van der Waals surface area contributed by atoms with Gasteiger partial charge in [-0.3, -0.25) is 10.1 Å². The first kappa shape index (κ1) is 18.7. The summed E-state index contributed by atoms with van der Waals surface area (Å²) in [7, 11) is 1.56. The minimum atomic E-state index is -0.220. The Bertz CT molecular complexity index is 816. The van der Waals surface area contributed by atoms with E-state index in [4.69, 9.17) is 4.74 Å². The Morgan fingerprint density at radius 2 is 1.93 bits per heavy atom. The van der Waals surface area contributed by atoms with Crippen LogP contribution in [-0.4, -0.2) is 48.1 Å². The monoisotopic (exact) mass is 368 g/mol. The number of hydrogen-bond donors (Lipinski definition) is 2. The van der Waals surface area contributed by atoms with Gasteiger partial charge in [0.2, 0.25) is 0 Å². The summed E-state index contributed by atoms with van der Waals surface area (Å²) in [5.41, 5.74) is 1.56. The van der Waals surface area contributed by atoms with E-state index in [1.807, 2.05) is 31.2 Å². The van der Waals surface area contributed by atoms with Gasteiger partial charge in [0.1, 0.15) is 17.7 Å². The zero-order chi connectivity index (χ0) is 19.2. The Kier molecular flexibility index (Phi) is 5.90. The fraction of sp³-hybridized carbons (Fsp3) is 0.350. The van der Waals surface area contributed by atoms with Crippen molar-refractivity contribution in [1.82, 2.24) is 15.2 Å². The zero-order valence-electron chi connectivity index (χ0n) is 15.6. The van der Waals surface area contributed by atoms with Gasteiger partial charge in [-0.2, -0.15) is 0 Å². The van der Waals surface area contributed by atoms with Gasteiger partial charge in [-0.1, -0.05) is 18.2 Å². The zero-order valence-corrected chi connectivity index (χ0v) is 15.6. The number of para-hydroxylation sites is 1. The Morgan fingerprint density at radius 1 is 1.19 bits per heavy atom. The number of aryl methyl sites for hydroxylation is 1. The lowest BCUT2D eigenvalue weighted by Gasteiger charge is -2.32. The normalized spacial score (nSPS) is 14.5. The molecule has 0 aliphatic carbocycles. The molecular formula is C20H24N4O3. The van der Waals surface area contributed by atoms with Crippen molar-refractivity contribution in [3.8, 4) is 5.75 Å². The average molecular weight is 368 g/mol. The van der Waals surface area contributed by atoms with E-state index in [1.165, 1.54) is 6.20 Å². The molecule has 2 aromatic rings. The van der Waals surface area contributed by atoms with Crippen molar-refractivity contribution in [2.24, 2.45) is 0 Å². The number of benzene rings is 1. The highest BCUT2D eigenvalue weighted by Crippen LogP contribution is 2.22. The maximum absolute atomic E-state index is 12.5. The summed E-state index contributed by atoms with van der Waals surface area (Å²) in [5, 5.41) is 5.31. The molecule has 7 nitrogen and oxygen atoms in total. The number of nitrogens with zero attached hydrogens (tertiary/aromatic N) is 2. The number of pyridine rings is 1. The maximum atomic E-state index is 12.5. The molecule has 142 valence electrons. The van der Waals surface area contributed by atoms with Gasteiger partial charge >= 0.3 is 6.03 Å². The van der Waals surface area contributed by atoms with Gasteiger partial charge in [-0.15, -0.1) is 0 Å². The molecule has 3 rings (SSSR count). The van der Waals surface area contributed by atoms with Crippen LogP contribution in [0.25, 0.3) is 0 Å².